The predicted octanol–water partition coefficient (Wildman–Crippen LogP) is 2.22. The minimum absolute atomic E-state index is 0.159. The van der Waals surface area contributed by atoms with Crippen LogP contribution in [0.5, 0.6) is 17.2 Å². The number of benzene rings is 1. The van der Waals surface area contributed by atoms with Gasteiger partial charge in [0, 0.05) is 6.54 Å². The molecule has 0 unspecified atom stereocenters. The molecule has 1 aliphatic heterocycles. The molecule has 118 valence electrons. The lowest BCUT2D eigenvalue weighted by atomic mass is 10.1. The molecule has 1 aromatic rings. The lowest BCUT2D eigenvalue weighted by molar-refractivity contribution is -0.122. The fourth-order valence-electron chi connectivity index (χ4n) is 2.11. The van der Waals surface area contributed by atoms with Gasteiger partial charge in [-0.05, 0) is 42.9 Å². The quantitative estimate of drug-likeness (QED) is 0.612. The van der Waals surface area contributed by atoms with Gasteiger partial charge in [-0.3, -0.25) is 9.69 Å². The zero-order valence-electron chi connectivity index (χ0n) is 12.8. The minimum Gasteiger partial charge on any atom is -0.493 e. The topological polar surface area (TPSA) is 57.2 Å². The van der Waals surface area contributed by atoms with Crippen molar-refractivity contribution in [2.24, 2.45) is 0 Å². The Morgan fingerprint density at radius 1 is 1.18 bits per heavy atom. The minimum atomic E-state index is -0.263. The van der Waals surface area contributed by atoms with Crippen LogP contribution in [0.4, 0.5) is 0 Å². The molecule has 1 aromatic carbocycles. The van der Waals surface area contributed by atoms with Gasteiger partial charge in [0.25, 0.3) is 11.1 Å². The van der Waals surface area contributed by atoms with Gasteiger partial charge in [-0.1, -0.05) is 0 Å². The summed E-state index contributed by atoms with van der Waals surface area (Å²) < 4.78 is 21.2. The Hall–Kier alpha value is -2.28. The number of methoxy groups -OCH3 is 3. The number of rotatable bonds is 5. The zero-order valence-corrected chi connectivity index (χ0v) is 13.7. The van der Waals surface area contributed by atoms with Crippen LogP contribution in [0.25, 0.3) is 6.08 Å². The van der Waals surface area contributed by atoms with Gasteiger partial charge in [0.1, 0.15) is 0 Å². The van der Waals surface area contributed by atoms with E-state index in [0.29, 0.717) is 29.4 Å². The first-order chi connectivity index (χ1) is 10.5. The third kappa shape index (κ3) is 2.85. The number of amides is 1. The highest BCUT2D eigenvalue weighted by Gasteiger charge is 2.32. The van der Waals surface area contributed by atoms with Crippen molar-refractivity contribution in [3.05, 3.63) is 23.5 Å². The van der Waals surface area contributed by atoms with Gasteiger partial charge >= 0.3 is 0 Å². The Morgan fingerprint density at radius 3 is 2.18 bits per heavy atom. The van der Waals surface area contributed by atoms with Crippen molar-refractivity contribution in [3.63, 3.8) is 0 Å². The Balaban J connectivity index is 2.44. The van der Waals surface area contributed by atoms with E-state index < -0.39 is 0 Å². The van der Waals surface area contributed by atoms with Crippen LogP contribution < -0.4 is 14.2 Å². The third-order valence-electron chi connectivity index (χ3n) is 3.17. The van der Waals surface area contributed by atoms with Crippen LogP contribution in [0.2, 0.25) is 0 Å². The van der Waals surface area contributed by atoms with Crippen molar-refractivity contribution in [2.75, 3.05) is 27.9 Å². The van der Waals surface area contributed by atoms with Crippen molar-refractivity contribution in [3.8, 4) is 17.2 Å². The maximum atomic E-state index is 12.1. The van der Waals surface area contributed by atoms with Crippen LogP contribution in [0, 0.1) is 0 Å². The second kappa shape index (κ2) is 6.65. The van der Waals surface area contributed by atoms with E-state index >= 15 is 0 Å². The highest BCUT2D eigenvalue weighted by Crippen LogP contribution is 2.39. The average Bonchev–Trinajstić information content (AvgIpc) is 2.79. The van der Waals surface area contributed by atoms with E-state index in [0.717, 1.165) is 0 Å². The van der Waals surface area contributed by atoms with Gasteiger partial charge in [-0.25, -0.2) is 0 Å². The van der Waals surface area contributed by atoms with Gasteiger partial charge < -0.3 is 18.9 Å². The summed E-state index contributed by atoms with van der Waals surface area (Å²) in [6.45, 7) is 2.29. The first kappa shape index (κ1) is 16.1. The third-order valence-corrected chi connectivity index (χ3v) is 3.48. The first-order valence-corrected chi connectivity index (χ1v) is 7.01. The van der Waals surface area contributed by atoms with Gasteiger partial charge in [0.15, 0.2) is 17.3 Å². The molecule has 7 heteroatoms. The molecule has 1 amide bonds. The number of likely N-dealkylation sites (N-methyl/N-ethyl adjacent to an activating group) is 1. The molecular formula is C15H17NO5S. The molecule has 0 bridgehead atoms. The SMILES string of the molecule is CCN1C(=O)C(=Cc2cc(OC)c(OC)c(OC)c2)OC1=S. The molecule has 0 N–H and O–H groups in total. The number of ether oxygens (including phenoxy) is 4. The number of thiocarbonyl (C=S) groups is 1. The van der Waals surface area contributed by atoms with E-state index in [2.05, 4.69) is 0 Å². The number of hydrogen-bond acceptors (Lipinski definition) is 6. The maximum absolute atomic E-state index is 12.1. The normalized spacial score (nSPS) is 16.0. The summed E-state index contributed by atoms with van der Waals surface area (Å²) in [6.07, 6.45) is 1.59. The standard InChI is InChI=1S/C15H17NO5S/c1-5-16-14(17)12(21-15(16)22)8-9-6-10(18-2)13(20-4)11(7-9)19-3/h6-8H,5H2,1-4H3. The Kier molecular flexibility index (Phi) is 4.87. The average molecular weight is 323 g/mol. The second-order valence-corrected chi connectivity index (χ2v) is 4.73. The molecule has 22 heavy (non-hydrogen) atoms. The molecule has 0 atom stereocenters. The molecule has 0 radical (unpaired) electrons. The van der Waals surface area contributed by atoms with Crippen molar-refractivity contribution < 1.29 is 23.7 Å². The molecular weight excluding hydrogens is 306 g/mol. The highest BCUT2D eigenvalue weighted by molar-refractivity contribution is 7.80. The van der Waals surface area contributed by atoms with E-state index in [-0.39, 0.29) is 16.8 Å². The molecule has 1 saturated heterocycles. The number of carbonyl (C=O) groups is 1. The molecule has 0 saturated carbocycles. The lowest BCUT2D eigenvalue weighted by Gasteiger charge is -2.12. The largest absolute Gasteiger partial charge is 0.493 e. The van der Waals surface area contributed by atoms with Crippen molar-refractivity contribution >= 4 is 29.4 Å². The Morgan fingerprint density at radius 2 is 1.77 bits per heavy atom. The van der Waals surface area contributed by atoms with Crippen LogP contribution in [0.1, 0.15) is 12.5 Å². The summed E-state index contributed by atoms with van der Waals surface area (Å²) in [5.41, 5.74) is 0.679. The molecule has 0 spiro atoms. The number of nitrogens with zero attached hydrogens (tertiary/aromatic N) is 1. The van der Waals surface area contributed by atoms with Crippen LogP contribution >= 0.6 is 12.2 Å². The van der Waals surface area contributed by atoms with E-state index in [1.165, 1.54) is 26.2 Å². The Labute approximate surface area is 134 Å². The van der Waals surface area contributed by atoms with Gasteiger partial charge in [0.05, 0.1) is 21.3 Å². The molecule has 1 heterocycles. The Bertz CT molecular complexity index is 616. The highest BCUT2D eigenvalue weighted by atomic mass is 32.1. The number of carbonyl (C=O) groups excluding carboxylic acids is 1. The smallest absolute Gasteiger partial charge is 0.297 e. The first-order valence-electron chi connectivity index (χ1n) is 6.61. The molecule has 1 fully saturated rings. The van der Waals surface area contributed by atoms with Crippen LogP contribution in [-0.4, -0.2) is 43.9 Å². The summed E-state index contributed by atoms with van der Waals surface area (Å²) in [4.78, 5) is 13.5. The summed E-state index contributed by atoms with van der Waals surface area (Å²) >= 11 is 5.02. The number of hydrogen-bond donors (Lipinski definition) is 0. The maximum Gasteiger partial charge on any atom is 0.297 e. The van der Waals surface area contributed by atoms with E-state index in [1.807, 2.05) is 6.92 Å². The fraction of sp³-hybridized carbons (Fsp3) is 0.333. The predicted molar refractivity (Wildman–Crippen MR) is 85.1 cm³/mol. The van der Waals surface area contributed by atoms with Crippen molar-refractivity contribution in [1.82, 2.24) is 4.90 Å². The molecule has 1 aliphatic rings. The van der Waals surface area contributed by atoms with Crippen molar-refractivity contribution in [2.45, 2.75) is 6.92 Å². The van der Waals surface area contributed by atoms with Crippen LogP contribution in [0.15, 0.2) is 17.9 Å². The monoisotopic (exact) mass is 323 g/mol. The van der Waals surface area contributed by atoms with Crippen LogP contribution in [-0.2, 0) is 9.53 Å². The van der Waals surface area contributed by atoms with E-state index in [9.17, 15) is 4.79 Å². The van der Waals surface area contributed by atoms with E-state index in [1.54, 1.807) is 18.2 Å². The van der Waals surface area contributed by atoms with Crippen LogP contribution in [0.3, 0.4) is 0 Å². The van der Waals surface area contributed by atoms with E-state index in [4.69, 9.17) is 31.2 Å². The van der Waals surface area contributed by atoms with Crippen molar-refractivity contribution in [1.29, 1.82) is 0 Å². The molecule has 0 aliphatic carbocycles. The second-order valence-electron chi connectivity index (χ2n) is 4.38. The summed E-state index contributed by atoms with van der Waals surface area (Å²) in [6, 6.07) is 3.45. The zero-order chi connectivity index (χ0) is 16.3. The van der Waals surface area contributed by atoms with Gasteiger partial charge in [0.2, 0.25) is 5.75 Å². The summed E-state index contributed by atoms with van der Waals surface area (Å²) in [5.74, 6) is 1.38. The van der Waals surface area contributed by atoms with Gasteiger partial charge in [-0.2, -0.15) is 0 Å². The molecule has 0 aromatic heterocycles. The molecule has 2 rings (SSSR count). The molecule has 6 nitrogen and oxygen atoms in total. The summed E-state index contributed by atoms with van der Waals surface area (Å²) in [5, 5.41) is 0.159. The lowest BCUT2D eigenvalue weighted by Crippen LogP contribution is -2.27. The summed E-state index contributed by atoms with van der Waals surface area (Å²) in [7, 11) is 4.58. The fourth-order valence-corrected chi connectivity index (χ4v) is 2.41. The van der Waals surface area contributed by atoms with Gasteiger partial charge in [-0.15, -0.1) is 0 Å².